The van der Waals surface area contributed by atoms with Crippen molar-refractivity contribution < 1.29 is 22.4 Å². The van der Waals surface area contributed by atoms with Gasteiger partial charge in [-0.05, 0) is 24.3 Å². The summed E-state index contributed by atoms with van der Waals surface area (Å²) in [6.07, 6.45) is 0.136. The average molecular weight is 383 g/mol. The Morgan fingerprint density at radius 3 is 1.75 bits per heavy atom. The van der Waals surface area contributed by atoms with Crippen LogP contribution < -0.4 is 38.1 Å². The molecule has 3 N–H and O–H groups in total. The second-order valence-corrected chi connectivity index (χ2v) is 5.49. The highest BCUT2D eigenvalue weighted by atomic mass is 79.9. The maximum absolute atomic E-state index is 3.58. The lowest BCUT2D eigenvalue weighted by Crippen LogP contribution is -3.00. The molecule has 4 nitrogen and oxygen atoms in total. The molecule has 1 fully saturated rings. The molecular weight excluding hydrogens is 364 g/mol. The van der Waals surface area contributed by atoms with Crippen LogP contribution in [0, 0.1) is 0 Å². The van der Waals surface area contributed by atoms with Gasteiger partial charge in [-0.3, -0.25) is 0 Å². The molecule has 1 unspecified atom stereocenters. The van der Waals surface area contributed by atoms with Gasteiger partial charge in [0.15, 0.2) is 0 Å². The fourth-order valence-electron chi connectivity index (χ4n) is 2.81. The Kier molecular flexibility index (Phi) is 5.15. The van der Waals surface area contributed by atoms with Crippen LogP contribution in [0.1, 0.15) is 11.7 Å². The molecule has 0 spiro atoms. The molecule has 1 saturated heterocycles. The summed E-state index contributed by atoms with van der Waals surface area (Å²) < 4.78 is 0. The Labute approximate surface area is 152 Å². The minimum Gasteiger partial charge on any atom is -1.00 e. The molecule has 24 heavy (non-hydrogen) atoms. The van der Waals surface area contributed by atoms with E-state index in [1.54, 1.807) is 0 Å². The first kappa shape index (κ1) is 16.5. The zero-order chi connectivity index (χ0) is 15.5. The van der Waals surface area contributed by atoms with Crippen molar-refractivity contribution in [2.75, 3.05) is 10.2 Å². The van der Waals surface area contributed by atoms with Crippen LogP contribution in [0.2, 0.25) is 0 Å². The number of quaternary nitrogens is 1. The normalized spacial score (nSPS) is 16.8. The smallest absolute Gasteiger partial charge is 0.208 e. The van der Waals surface area contributed by atoms with E-state index in [0.29, 0.717) is 0 Å². The summed E-state index contributed by atoms with van der Waals surface area (Å²) in [5.74, 6) is 0. The van der Waals surface area contributed by atoms with Gasteiger partial charge in [0.2, 0.25) is 6.17 Å². The molecule has 0 bridgehead atoms. The monoisotopic (exact) mass is 382 g/mol. The summed E-state index contributed by atoms with van der Waals surface area (Å²) in [7, 11) is 0. The van der Waals surface area contributed by atoms with Crippen LogP contribution in [-0.4, -0.2) is 0 Å². The molecule has 1 heterocycles. The Balaban J connectivity index is 0.00000169. The summed E-state index contributed by atoms with van der Waals surface area (Å²) >= 11 is 0. The number of halogens is 1. The van der Waals surface area contributed by atoms with E-state index < -0.39 is 0 Å². The highest BCUT2D eigenvalue weighted by Gasteiger charge is 2.34. The minimum absolute atomic E-state index is 0. The van der Waals surface area contributed by atoms with Crippen LogP contribution >= 0.6 is 0 Å². The van der Waals surface area contributed by atoms with Gasteiger partial charge in [-0.1, -0.05) is 66.7 Å². The molecule has 3 aromatic rings. The summed E-state index contributed by atoms with van der Waals surface area (Å²) in [6.45, 7) is 0. The van der Waals surface area contributed by atoms with E-state index in [-0.39, 0.29) is 23.1 Å². The SMILES string of the molecule is [Br-].c1ccc(C2NN(c3ccccc3)N(c3ccccc3)[NH2+]2)cc1. The zero-order valence-corrected chi connectivity index (χ0v) is 14.7. The highest BCUT2D eigenvalue weighted by molar-refractivity contribution is 5.55. The van der Waals surface area contributed by atoms with E-state index in [2.05, 4.69) is 93.9 Å². The summed E-state index contributed by atoms with van der Waals surface area (Å²) in [5, 5.41) is 4.25. The summed E-state index contributed by atoms with van der Waals surface area (Å²) in [4.78, 5) is 0. The van der Waals surface area contributed by atoms with Crippen molar-refractivity contribution in [3.05, 3.63) is 96.6 Å². The topological polar surface area (TPSA) is 35.1 Å². The van der Waals surface area contributed by atoms with Crippen molar-refractivity contribution in [2.45, 2.75) is 6.17 Å². The number of anilines is 2. The maximum atomic E-state index is 3.58. The molecule has 3 aromatic carbocycles. The van der Waals surface area contributed by atoms with E-state index in [1.165, 1.54) is 5.56 Å². The number of para-hydroxylation sites is 2. The first-order valence-corrected chi connectivity index (χ1v) is 7.77. The van der Waals surface area contributed by atoms with E-state index in [9.17, 15) is 0 Å². The Hall–Kier alpha value is -2.34. The molecule has 0 amide bonds. The van der Waals surface area contributed by atoms with E-state index in [1.807, 2.05) is 18.2 Å². The van der Waals surface area contributed by atoms with Crippen LogP contribution in [0.25, 0.3) is 0 Å². The quantitative estimate of drug-likeness (QED) is 0.605. The predicted molar refractivity (Wildman–Crippen MR) is 92.1 cm³/mol. The number of rotatable bonds is 3. The van der Waals surface area contributed by atoms with Crippen molar-refractivity contribution in [1.29, 1.82) is 0 Å². The number of hydrogen-bond donors (Lipinski definition) is 2. The fourth-order valence-corrected chi connectivity index (χ4v) is 2.81. The maximum Gasteiger partial charge on any atom is 0.208 e. The van der Waals surface area contributed by atoms with Gasteiger partial charge in [0.05, 0.1) is 5.69 Å². The molecule has 1 aliphatic heterocycles. The van der Waals surface area contributed by atoms with Gasteiger partial charge in [0, 0.05) is 5.56 Å². The van der Waals surface area contributed by atoms with Gasteiger partial charge >= 0.3 is 0 Å². The van der Waals surface area contributed by atoms with Gasteiger partial charge in [0.1, 0.15) is 5.69 Å². The van der Waals surface area contributed by atoms with Crippen LogP contribution in [-0.2, 0) is 0 Å². The Morgan fingerprint density at radius 2 is 1.17 bits per heavy atom. The lowest BCUT2D eigenvalue weighted by atomic mass is 10.2. The van der Waals surface area contributed by atoms with E-state index in [4.69, 9.17) is 0 Å². The van der Waals surface area contributed by atoms with Gasteiger partial charge in [-0.15, -0.1) is 5.12 Å². The van der Waals surface area contributed by atoms with Crippen molar-refractivity contribution >= 4 is 11.4 Å². The second kappa shape index (κ2) is 7.49. The molecule has 5 heteroatoms. The Morgan fingerprint density at radius 1 is 0.667 bits per heavy atom. The third kappa shape index (κ3) is 3.28. The standard InChI is InChI=1S/C19H18N4.BrH/c1-4-10-16(11-5-1)19-20-22(17-12-6-2-7-13-17)23(21-19)18-14-8-3-9-15-18;/h1-15,19-21H;1H. The molecule has 1 atom stereocenters. The third-order valence-electron chi connectivity index (χ3n) is 3.95. The van der Waals surface area contributed by atoms with Gasteiger partial charge < -0.3 is 17.0 Å². The lowest BCUT2D eigenvalue weighted by Gasteiger charge is -2.25. The molecule has 0 aromatic heterocycles. The van der Waals surface area contributed by atoms with Crippen molar-refractivity contribution in [1.82, 2.24) is 5.43 Å². The second-order valence-electron chi connectivity index (χ2n) is 5.49. The summed E-state index contributed by atoms with van der Waals surface area (Å²) in [5.41, 5.74) is 9.25. The molecule has 0 aliphatic carbocycles. The van der Waals surface area contributed by atoms with Crippen molar-refractivity contribution in [3.8, 4) is 0 Å². The minimum atomic E-state index is 0. The highest BCUT2D eigenvalue weighted by Crippen LogP contribution is 2.22. The first-order chi connectivity index (χ1) is 11.4. The zero-order valence-electron chi connectivity index (χ0n) is 13.1. The van der Waals surface area contributed by atoms with Crippen LogP contribution in [0.3, 0.4) is 0 Å². The van der Waals surface area contributed by atoms with Crippen LogP contribution in [0.15, 0.2) is 91.0 Å². The number of hydrazine groups is 2. The number of nitrogens with one attached hydrogen (secondary N) is 1. The molecule has 0 radical (unpaired) electrons. The van der Waals surface area contributed by atoms with Crippen molar-refractivity contribution in [3.63, 3.8) is 0 Å². The van der Waals surface area contributed by atoms with E-state index >= 15 is 0 Å². The number of nitrogens with two attached hydrogens (primary N) is 1. The third-order valence-corrected chi connectivity index (χ3v) is 3.95. The van der Waals surface area contributed by atoms with Crippen LogP contribution in [0.4, 0.5) is 11.4 Å². The molecular formula is C19H19BrN4. The van der Waals surface area contributed by atoms with Crippen molar-refractivity contribution in [2.24, 2.45) is 0 Å². The average Bonchev–Trinajstić information content (AvgIpc) is 3.09. The predicted octanol–water partition coefficient (Wildman–Crippen LogP) is -0.386. The molecule has 122 valence electrons. The number of hydrogen-bond acceptors (Lipinski definition) is 3. The molecule has 0 saturated carbocycles. The lowest BCUT2D eigenvalue weighted by molar-refractivity contribution is -0.691. The first-order valence-electron chi connectivity index (χ1n) is 7.77. The summed E-state index contributed by atoms with van der Waals surface area (Å²) in [6, 6.07) is 31.2. The Bertz CT molecular complexity index is 705. The van der Waals surface area contributed by atoms with Gasteiger partial charge in [-0.25, -0.2) is 5.43 Å². The fraction of sp³-hybridized carbons (Fsp3) is 0.0526. The number of nitrogens with zero attached hydrogens (tertiary/aromatic N) is 2. The molecule has 1 aliphatic rings. The van der Waals surface area contributed by atoms with Gasteiger partial charge in [-0.2, -0.15) is 10.5 Å². The van der Waals surface area contributed by atoms with Crippen LogP contribution in [0.5, 0.6) is 0 Å². The van der Waals surface area contributed by atoms with Gasteiger partial charge in [0.25, 0.3) is 0 Å². The molecule has 4 rings (SSSR count). The largest absolute Gasteiger partial charge is 1.00 e. The van der Waals surface area contributed by atoms with E-state index in [0.717, 1.165) is 11.4 Å². The number of benzene rings is 3.